The minimum absolute atomic E-state index is 0.0860. The van der Waals surface area contributed by atoms with E-state index in [4.69, 9.17) is 4.74 Å². The summed E-state index contributed by atoms with van der Waals surface area (Å²) in [5.41, 5.74) is 1.19. The fourth-order valence-corrected chi connectivity index (χ4v) is 1.98. The number of carbonyl (C=O) groups is 1. The maximum absolute atomic E-state index is 11.3. The quantitative estimate of drug-likeness (QED) is 0.527. The van der Waals surface area contributed by atoms with Crippen LogP contribution in [0.15, 0.2) is 24.5 Å². The van der Waals surface area contributed by atoms with Crippen molar-refractivity contribution < 1.29 is 9.53 Å². The third-order valence-corrected chi connectivity index (χ3v) is 3.15. The summed E-state index contributed by atoms with van der Waals surface area (Å²) >= 11 is 1.76. The summed E-state index contributed by atoms with van der Waals surface area (Å²) in [5.74, 6) is 1.82. The molecule has 4 heteroatoms. The van der Waals surface area contributed by atoms with Crippen LogP contribution in [0.2, 0.25) is 0 Å². The standard InChI is InChI=1S/C13H19NO2S/c1-2-17-10-7-13(15)16-9-4-6-12-5-3-8-14-11-12/h3,5,8,11H,2,4,6-7,9-10H2,1H3. The molecule has 1 aromatic heterocycles. The number of nitrogens with zero attached hydrogens (tertiary/aromatic N) is 1. The Hall–Kier alpha value is -1.03. The van der Waals surface area contributed by atoms with E-state index in [2.05, 4.69) is 11.9 Å². The molecular formula is C13H19NO2S. The monoisotopic (exact) mass is 253 g/mol. The minimum atomic E-state index is -0.0860. The molecule has 0 aromatic carbocycles. The highest BCUT2D eigenvalue weighted by Crippen LogP contribution is 2.03. The normalized spacial score (nSPS) is 10.2. The van der Waals surface area contributed by atoms with Gasteiger partial charge >= 0.3 is 5.97 Å². The number of hydrogen-bond acceptors (Lipinski definition) is 4. The van der Waals surface area contributed by atoms with Crippen molar-refractivity contribution in [2.45, 2.75) is 26.2 Å². The molecule has 1 aromatic rings. The number of aromatic nitrogens is 1. The molecule has 1 rings (SSSR count). The van der Waals surface area contributed by atoms with Crippen LogP contribution in [0.3, 0.4) is 0 Å². The second-order valence-electron chi connectivity index (χ2n) is 3.63. The van der Waals surface area contributed by atoms with Crippen molar-refractivity contribution in [1.29, 1.82) is 0 Å². The van der Waals surface area contributed by atoms with E-state index >= 15 is 0 Å². The van der Waals surface area contributed by atoms with Crippen molar-refractivity contribution in [3.05, 3.63) is 30.1 Å². The van der Waals surface area contributed by atoms with Gasteiger partial charge in [0, 0.05) is 18.1 Å². The van der Waals surface area contributed by atoms with Gasteiger partial charge in [-0.1, -0.05) is 13.0 Å². The first-order chi connectivity index (χ1) is 8.33. The van der Waals surface area contributed by atoms with Crippen LogP contribution in [0, 0.1) is 0 Å². The Morgan fingerprint density at radius 1 is 1.53 bits per heavy atom. The summed E-state index contributed by atoms with van der Waals surface area (Å²) in [4.78, 5) is 15.3. The maximum Gasteiger partial charge on any atom is 0.306 e. The lowest BCUT2D eigenvalue weighted by Gasteiger charge is -2.04. The number of esters is 1. The fourth-order valence-electron chi connectivity index (χ4n) is 1.38. The number of aryl methyl sites for hydroxylation is 1. The molecule has 0 unspecified atom stereocenters. The first-order valence-electron chi connectivity index (χ1n) is 5.95. The smallest absolute Gasteiger partial charge is 0.306 e. The number of pyridine rings is 1. The summed E-state index contributed by atoms with van der Waals surface area (Å²) in [6.45, 7) is 2.59. The van der Waals surface area contributed by atoms with Crippen molar-refractivity contribution in [1.82, 2.24) is 4.98 Å². The molecule has 0 aliphatic rings. The van der Waals surface area contributed by atoms with E-state index in [-0.39, 0.29) is 5.97 Å². The van der Waals surface area contributed by atoms with Crippen molar-refractivity contribution in [2.75, 3.05) is 18.1 Å². The summed E-state index contributed by atoms with van der Waals surface area (Å²) < 4.78 is 5.14. The lowest BCUT2D eigenvalue weighted by atomic mass is 10.2. The number of ether oxygens (including phenoxy) is 1. The topological polar surface area (TPSA) is 39.2 Å². The molecule has 94 valence electrons. The molecule has 0 radical (unpaired) electrons. The largest absolute Gasteiger partial charge is 0.466 e. The van der Waals surface area contributed by atoms with E-state index in [1.165, 1.54) is 5.56 Å². The summed E-state index contributed by atoms with van der Waals surface area (Å²) in [6.07, 6.45) is 5.89. The highest BCUT2D eigenvalue weighted by atomic mass is 32.2. The van der Waals surface area contributed by atoms with Crippen LogP contribution in [0.5, 0.6) is 0 Å². The third-order valence-electron chi connectivity index (χ3n) is 2.25. The minimum Gasteiger partial charge on any atom is -0.466 e. The first-order valence-corrected chi connectivity index (χ1v) is 7.10. The Morgan fingerprint density at radius 2 is 2.41 bits per heavy atom. The molecule has 0 aliphatic heterocycles. The van der Waals surface area contributed by atoms with Crippen LogP contribution in [0.1, 0.15) is 25.3 Å². The van der Waals surface area contributed by atoms with E-state index in [1.807, 2.05) is 18.3 Å². The number of hydrogen-bond donors (Lipinski definition) is 0. The summed E-state index contributed by atoms with van der Waals surface area (Å²) in [6, 6.07) is 3.95. The second kappa shape index (κ2) is 9.05. The van der Waals surface area contributed by atoms with Gasteiger partial charge in [0.15, 0.2) is 0 Å². The highest BCUT2D eigenvalue weighted by Gasteiger charge is 2.02. The molecule has 0 saturated heterocycles. The molecule has 0 amide bonds. The molecule has 0 fully saturated rings. The Balaban J connectivity index is 2.02. The first kappa shape index (κ1) is 14.0. The van der Waals surface area contributed by atoms with Gasteiger partial charge in [0.1, 0.15) is 0 Å². The SMILES string of the molecule is CCSCCC(=O)OCCCc1cccnc1. The van der Waals surface area contributed by atoms with E-state index in [0.717, 1.165) is 24.3 Å². The van der Waals surface area contributed by atoms with Crippen molar-refractivity contribution >= 4 is 17.7 Å². The van der Waals surface area contributed by atoms with Crippen molar-refractivity contribution in [3.63, 3.8) is 0 Å². The maximum atomic E-state index is 11.3. The van der Waals surface area contributed by atoms with Gasteiger partial charge in [-0.3, -0.25) is 9.78 Å². The average Bonchev–Trinajstić information content (AvgIpc) is 2.36. The molecule has 17 heavy (non-hydrogen) atoms. The van der Waals surface area contributed by atoms with Gasteiger partial charge in [-0.15, -0.1) is 0 Å². The van der Waals surface area contributed by atoms with Gasteiger partial charge in [-0.2, -0.15) is 11.8 Å². The zero-order chi connectivity index (χ0) is 12.3. The number of carbonyl (C=O) groups excluding carboxylic acids is 1. The summed E-state index contributed by atoms with van der Waals surface area (Å²) in [5, 5.41) is 0. The predicted molar refractivity (Wildman–Crippen MR) is 71.1 cm³/mol. The van der Waals surface area contributed by atoms with Crippen LogP contribution in [-0.4, -0.2) is 29.1 Å². The molecule has 3 nitrogen and oxygen atoms in total. The Morgan fingerprint density at radius 3 is 3.12 bits per heavy atom. The molecular weight excluding hydrogens is 234 g/mol. The zero-order valence-electron chi connectivity index (χ0n) is 10.2. The fraction of sp³-hybridized carbons (Fsp3) is 0.538. The average molecular weight is 253 g/mol. The molecule has 0 spiro atoms. The lowest BCUT2D eigenvalue weighted by molar-refractivity contribution is -0.143. The highest BCUT2D eigenvalue weighted by molar-refractivity contribution is 7.99. The van der Waals surface area contributed by atoms with E-state index in [0.29, 0.717) is 13.0 Å². The van der Waals surface area contributed by atoms with Crippen LogP contribution in [0.4, 0.5) is 0 Å². The molecule has 0 aliphatic carbocycles. The Bertz CT molecular complexity index is 316. The van der Waals surface area contributed by atoms with E-state index in [9.17, 15) is 4.79 Å². The van der Waals surface area contributed by atoms with Crippen molar-refractivity contribution in [2.24, 2.45) is 0 Å². The van der Waals surface area contributed by atoms with Crippen LogP contribution >= 0.6 is 11.8 Å². The van der Waals surface area contributed by atoms with Gasteiger partial charge in [0.2, 0.25) is 0 Å². The predicted octanol–water partition coefficient (Wildman–Crippen LogP) is 2.70. The second-order valence-corrected chi connectivity index (χ2v) is 5.03. The number of rotatable bonds is 8. The zero-order valence-corrected chi connectivity index (χ0v) is 11.0. The van der Waals surface area contributed by atoms with Crippen LogP contribution in [-0.2, 0) is 16.0 Å². The molecule has 0 saturated carbocycles. The van der Waals surface area contributed by atoms with Crippen molar-refractivity contribution in [3.8, 4) is 0 Å². The molecule has 0 bridgehead atoms. The van der Waals surface area contributed by atoms with Gasteiger partial charge in [-0.05, 0) is 30.2 Å². The lowest BCUT2D eigenvalue weighted by Crippen LogP contribution is -2.07. The molecule has 1 heterocycles. The van der Waals surface area contributed by atoms with E-state index < -0.39 is 0 Å². The van der Waals surface area contributed by atoms with Gasteiger partial charge in [-0.25, -0.2) is 0 Å². The Labute approximate surface area is 107 Å². The van der Waals surface area contributed by atoms with Gasteiger partial charge in [0.25, 0.3) is 0 Å². The van der Waals surface area contributed by atoms with Crippen LogP contribution in [0.25, 0.3) is 0 Å². The number of thioether (sulfide) groups is 1. The molecule has 0 atom stereocenters. The summed E-state index contributed by atoms with van der Waals surface area (Å²) in [7, 11) is 0. The molecule has 0 N–H and O–H groups in total. The van der Waals surface area contributed by atoms with Crippen LogP contribution < -0.4 is 0 Å². The van der Waals surface area contributed by atoms with Gasteiger partial charge < -0.3 is 4.74 Å². The Kier molecular flexibility index (Phi) is 7.47. The van der Waals surface area contributed by atoms with E-state index in [1.54, 1.807) is 18.0 Å². The van der Waals surface area contributed by atoms with Gasteiger partial charge in [0.05, 0.1) is 13.0 Å². The third kappa shape index (κ3) is 7.00.